The zero-order chi connectivity index (χ0) is 24.0. The molecular formula is C25H39N3O5. The van der Waals surface area contributed by atoms with E-state index in [-0.39, 0.29) is 37.3 Å². The summed E-state index contributed by atoms with van der Waals surface area (Å²) in [5, 5.41) is 3.06. The number of methoxy groups -OCH3 is 2. The molecule has 3 rings (SSSR count). The first kappa shape index (κ1) is 25.6. The van der Waals surface area contributed by atoms with E-state index in [2.05, 4.69) is 31.1 Å². The third kappa shape index (κ3) is 5.91. The molecule has 8 nitrogen and oxygen atoms in total. The molecule has 2 atom stereocenters. The molecule has 1 aromatic heterocycles. The first-order chi connectivity index (χ1) is 15.8. The van der Waals surface area contributed by atoms with Gasteiger partial charge in [-0.25, -0.2) is 0 Å². The van der Waals surface area contributed by atoms with Gasteiger partial charge in [-0.1, -0.05) is 20.8 Å². The molecular weight excluding hydrogens is 422 g/mol. The minimum absolute atomic E-state index is 0.0116. The number of carbonyl (C=O) groups excluding carboxylic acids is 2. The fraction of sp³-hybridized carbons (Fsp3) is 0.720. The molecule has 1 aliphatic heterocycles. The molecule has 33 heavy (non-hydrogen) atoms. The van der Waals surface area contributed by atoms with Gasteiger partial charge in [0.05, 0.1) is 6.04 Å². The van der Waals surface area contributed by atoms with E-state index in [1.807, 2.05) is 6.07 Å². The molecule has 0 spiro atoms. The van der Waals surface area contributed by atoms with Gasteiger partial charge in [0.25, 0.3) is 5.91 Å². The Hall–Kier alpha value is -2.03. The second kappa shape index (κ2) is 11.4. The van der Waals surface area contributed by atoms with Crippen molar-refractivity contribution in [3.05, 3.63) is 24.0 Å². The molecule has 0 radical (unpaired) electrons. The normalized spacial score (nSPS) is 27.5. The summed E-state index contributed by atoms with van der Waals surface area (Å²) in [4.78, 5) is 32.2. The summed E-state index contributed by atoms with van der Waals surface area (Å²) < 4.78 is 16.5. The fourth-order valence-corrected chi connectivity index (χ4v) is 5.02. The number of likely N-dealkylation sites (tertiary alicyclic amines) is 1. The van der Waals surface area contributed by atoms with Crippen molar-refractivity contribution in [2.24, 2.45) is 17.8 Å². The van der Waals surface area contributed by atoms with Crippen LogP contribution in [-0.4, -0.2) is 61.1 Å². The second-order valence-electron chi connectivity index (χ2n) is 9.94. The van der Waals surface area contributed by atoms with Crippen LogP contribution in [0.3, 0.4) is 0 Å². The van der Waals surface area contributed by atoms with Gasteiger partial charge in [0.2, 0.25) is 5.91 Å². The SMILES string of the molecule is COCO[C@]1(Cc2cc(NC(=O)C3CCC(C)CC3)ccn2)C(=O)N(COC)[C@H]1CC(C)C. The fourth-order valence-electron chi connectivity index (χ4n) is 5.02. The summed E-state index contributed by atoms with van der Waals surface area (Å²) >= 11 is 0. The maximum absolute atomic E-state index is 13.2. The van der Waals surface area contributed by atoms with Crippen molar-refractivity contribution >= 4 is 17.5 Å². The Balaban J connectivity index is 1.76. The summed E-state index contributed by atoms with van der Waals surface area (Å²) in [6.07, 6.45) is 6.80. The number of ether oxygens (including phenoxy) is 3. The maximum Gasteiger partial charge on any atom is 0.259 e. The Labute approximate surface area is 197 Å². The lowest BCUT2D eigenvalue weighted by Crippen LogP contribution is -2.76. The minimum Gasteiger partial charge on any atom is -0.364 e. The highest BCUT2D eigenvalue weighted by molar-refractivity contribution is 5.94. The van der Waals surface area contributed by atoms with Crippen molar-refractivity contribution in [2.75, 3.05) is 33.1 Å². The molecule has 1 aliphatic carbocycles. The van der Waals surface area contributed by atoms with Gasteiger partial charge in [-0.3, -0.25) is 14.6 Å². The average molecular weight is 462 g/mol. The van der Waals surface area contributed by atoms with Gasteiger partial charge < -0.3 is 24.4 Å². The van der Waals surface area contributed by atoms with E-state index < -0.39 is 5.60 Å². The van der Waals surface area contributed by atoms with E-state index in [0.717, 1.165) is 32.1 Å². The number of amides is 2. The highest BCUT2D eigenvalue weighted by Gasteiger charge is 2.62. The number of hydrogen-bond acceptors (Lipinski definition) is 6. The van der Waals surface area contributed by atoms with E-state index in [4.69, 9.17) is 14.2 Å². The summed E-state index contributed by atoms with van der Waals surface area (Å²) in [6, 6.07) is 3.49. The molecule has 8 heteroatoms. The zero-order valence-corrected chi connectivity index (χ0v) is 20.6. The van der Waals surface area contributed by atoms with Gasteiger partial charge in [-0.05, 0) is 56.1 Å². The molecule has 2 heterocycles. The lowest BCUT2D eigenvalue weighted by molar-refractivity contribution is -0.235. The summed E-state index contributed by atoms with van der Waals surface area (Å²) in [5.74, 6) is 1.05. The molecule has 1 saturated carbocycles. The van der Waals surface area contributed by atoms with Crippen molar-refractivity contribution in [3.8, 4) is 0 Å². The van der Waals surface area contributed by atoms with E-state index >= 15 is 0 Å². The Bertz CT molecular complexity index is 809. The monoisotopic (exact) mass is 461 g/mol. The van der Waals surface area contributed by atoms with Crippen LogP contribution in [-0.2, 0) is 30.2 Å². The Morgan fingerprint density at radius 2 is 1.97 bits per heavy atom. The van der Waals surface area contributed by atoms with Gasteiger partial charge in [0, 0.05) is 44.1 Å². The minimum atomic E-state index is -1.06. The van der Waals surface area contributed by atoms with Crippen molar-refractivity contribution < 1.29 is 23.8 Å². The number of aromatic nitrogens is 1. The third-order valence-corrected chi connectivity index (χ3v) is 6.85. The molecule has 2 aliphatic rings. The Morgan fingerprint density at radius 1 is 1.24 bits per heavy atom. The smallest absolute Gasteiger partial charge is 0.259 e. The summed E-state index contributed by atoms with van der Waals surface area (Å²) in [6.45, 7) is 6.72. The van der Waals surface area contributed by atoms with E-state index in [1.165, 1.54) is 0 Å². The number of hydrogen-bond donors (Lipinski definition) is 1. The molecule has 1 aromatic rings. The van der Waals surface area contributed by atoms with Gasteiger partial charge in [-0.2, -0.15) is 0 Å². The van der Waals surface area contributed by atoms with Gasteiger partial charge >= 0.3 is 0 Å². The van der Waals surface area contributed by atoms with Crippen molar-refractivity contribution in [1.82, 2.24) is 9.88 Å². The topological polar surface area (TPSA) is 90.0 Å². The number of anilines is 1. The van der Waals surface area contributed by atoms with E-state index in [9.17, 15) is 9.59 Å². The second-order valence-corrected chi connectivity index (χ2v) is 9.94. The number of β-lactam (4-membered cyclic amide) rings is 1. The number of nitrogens with one attached hydrogen (secondary N) is 1. The van der Waals surface area contributed by atoms with Crippen LogP contribution in [0.2, 0.25) is 0 Å². The van der Waals surface area contributed by atoms with Crippen LogP contribution >= 0.6 is 0 Å². The molecule has 2 fully saturated rings. The average Bonchev–Trinajstić information content (AvgIpc) is 2.79. The number of rotatable bonds is 11. The van der Waals surface area contributed by atoms with Gasteiger partial charge in [-0.15, -0.1) is 0 Å². The molecule has 1 saturated heterocycles. The largest absolute Gasteiger partial charge is 0.364 e. The van der Waals surface area contributed by atoms with Gasteiger partial charge in [0.15, 0.2) is 5.60 Å². The van der Waals surface area contributed by atoms with Crippen molar-refractivity contribution in [1.29, 1.82) is 0 Å². The Kier molecular flexibility index (Phi) is 8.84. The quantitative estimate of drug-likeness (QED) is 0.400. The van der Waals surface area contributed by atoms with Crippen LogP contribution in [0.1, 0.15) is 58.6 Å². The van der Waals surface area contributed by atoms with Crippen molar-refractivity contribution in [2.45, 2.75) is 70.9 Å². The molecule has 184 valence electrons. The van der Waals surface area contributed by atoms with E-state index in [0.29, 0.717) is 29.6 Å². The lowest BCUT2D eigenvalue weighted by Gasteiger charge is -2.55. The van der Waals surface area contributed by atoms with Crippen LogP contribution < -0.4 is 5.32 Å². The third-order valence-electron chi connectivity index (χ3n) is 6.85. The number of carbonyl (C=O) groups is 2. The first-order valence-electron chi connectivity index (χ1n) is 12.0. The van der Waals surface area contributed by atoms with Crippen molar-refractivity contribution in [3.63, 3.8) is 0 Å². The molecule has 0 unspecified atom stereocenters. The predicted molar refractivity (Wildman–Crippen MR) is 125 cm³/mol. The predicted octanol–water partition coefficient (Wildman–Crippen LogP) is 3.61. The first-order valence-corrected chi connectivity index (χ1v) is 12.0. The number of pyridine rings is 1. The lowest BCUT2D eigenvalue weighted by atomic mass is 9.75. The maximum atomic E-state index is 13.2. The summed E-state index contributed by atoms with van der Waals surface area (Å²) in [5.41, 5.74) is 0.334. The Morgan fingerprint density at radius 3 is 2.61 bits per heavy atom. The molecule has 1 N–H and O–H groups in total. The molecule has 0 bridgehead atoms. The highest BCUT2D eigenvalue weighted by atomic mass is 16.7. The van der Waals surface area contributed by atoms with Crippen LogP contribution in [0.4, 0.5) is 5.69 Å². The number of nitrogens with zero attached hydrogens (tertiary/aromatic N) is 2. The molecule has 0 aromatic carbocycles. The zero-order valence-electron chi connectivity index (χ0n) is 20.6. The van der Waals surface area contributed by atoms with Crippen LogP contribution in [0.25, 0.3) is 0 Å². The van der Waals surface area contributed by atoms with Crippen LogP contribution in [0.5, 0.6) is 0 Å². The standard InChI is InChI=1S/C25H39N3O5/c1-17(2)12-22-25(33-16-32-5,24(30)28(22)15-31-4)14-21-13-20(10-11-26-21)27-23(29)19-8-6-18(3)7-9-19/h10-11,13,17-19,22H,6-9,12,14-16H2,1-5H3,(H,26,27,29)/t18?,19?,22-,25-/m0/s1. The summed E-state index contributed by atoms with van der Waals surface area (Å²) in [7, 11) is 3.12. The highest BCUT2D eigenvalue weighted by Crippen LogP contribution is 2.41. The molecule has 2 amide bonds. The van der Waals surface area contributed by atoms with Crippen LogP contribution in [0, 0.1) is 17.8 Å². The van der Waals surface area contributed by atoms with E-state index in [1.54, 1.807) is 31.4 Å². The van der Waals surface area contributed by atoms with Crippen LogP contribution in [0.15, 0.2) is 18.3 Å². The van der Waals surface area contributed by atoms with Gasteiger partial charge in [0.1, 0.15) is 13.5 Å².